The molecule has 0 aliphatic heterocycles. The summed E-state index contributed by atoms with van der Waals surface area (Å²) in [6, 6.07) is 4.29. The van der Waals surface area contributed by atoms with Gasteiger partial charge in [-0.3, -0.25) is 0 Å². The van der Waals surface area contributed by atoms with Crippen LogP contribution in [0.15, 0.2) is 18.2 Å². The van der Waals surface area contributed by atoms with Gasteiger partial charge in [-0.2, -0.15) is 0 Å². The van der Waals surface area contributed by atoms with Gasteiger partial charge in [0.05, 0.1) is 17.0 Å². The first-order valence-corrected chi connectivity index (χ1v) is 20.2. The molecule has 1 aromatic carbocycles. The summed E-state index contributed by atoms with van der Waals surface area (Å²) in [5.41, 5.74) is 4.24. The number of non-ortho nitro benzene ring substituents is 1. The number of ether oxygens (including phenoxy) is 1. The van der Waals surface area contributed by atoms with Gasteiger partial charge in [-0.1, -0.05) is 19.3 Å². The summed E-state index contributed by atoms with van der Waals surface area (Å²) < 4.78 is 6.64. The normalized spacial score (nSPS) is 20.9. The molecule has 0 N–H and O–H groups in total. The van der Waals surface area contributed by atoms with Gasteiger partial charge in [-0.05, 0) is 77.0 Å². The van der Waals surface area contributed by atoms with Crippen LogP contribution in [-0.2, 0) is 13.5 Å². The molecule has 0 spiro atoms. The molecule has 4 nitrogen and oxygen atoms in total. The summed E-state index contributed by atoms with van der Waals surface area (Å²) in [5.74, 6) is 0.528. The molecule has 194 valence electrons. The van der Waals surface area contributed by atoms with Crippen LogP contribution in [0.25, 0.3) is 0 Å². The molecule has 3 saturated carbocycles. The molecule has 0 bridgehead atoms. The second-order valence-electron chi connectivity index (χ2n) is 10.00. The molecule has 8 heteroatoms. The minimum absolute atomic E-state index is 0.00852. The van der Waals surface area contributed by atoms with Crippen LogP contribution in [-0.4, -0.2) is 33.6 Å². The maximum absolute atomic E-state index is 10.5. The van der Waals surface area contributed by atoms with Gasteiger partial charge in [0.15, 0.2) is 0 Å². The first-order chi connectivity index (χ1) is 16.5. The fraction of sp³-hybridized carbons (Fsp3) is 0.731. The first-order valence-electron chi connectivity index (χ1n) is 13.0. The molecule has 3 aliphatic rings. The van der Waals surface area contributed by atoms with E-state index in [1.54, 1.807) is 101 Å². The van der Waals surface area contributed by atoms with Crippen molar-refractivity contribution in [3.63, 3.8) is 0 Å². The van der Waals surface area contributed by atoms with E-state index in [4.69, 9.17) is 24.1 Å². The number of nitro groups is 1. The zero-order chi connectivity index (χ0) is 24.3. The molecule has 0 unspecified atom stereocenters. The topological polar surface area (TPSA) is 52.4 Å². The van der Waals surface area contributed by atoms with Crippen molar-refractivity contribution in [2.75, 3.05) is 7.11 Å². The van der Waals surface area contributed by atoms with Crippen LogP contribution in [0.3, 0.4) is 0 Å². The van der Waals surface area contributed by atoms with Crippen LogP contribution in [0.1, 0.15) is 102 Å². The first kappa shape index (κ1) is 28.5. The van der Waals surface area contributed by atoms with Gasteiger partial charge >= 0.3 is 99.6 Å². The van der Waals surface area contributed by atoms with Crippen molar-refractivity contribution in [1.29, 1.82) is 0 Å². The molecule has 0 heterocycles. The van der Waals surface area contributed by atoms with Crippen molar-refractivity contribution < 1.29 is 23.2 Å². The number of hydrogen-bond donors (Lipinski definition) is 0. The predicted octanol–water partition coefficient (Wildman–Crippen LogP) is 8.88. The molecule has 0 atom stereocenters. The van der Waals surface area contributed by atoms with Crippen LogP contribution in [0, 0.1) is 10.1 Å². The van der Waals surface area contributed by atoms with Crippen LogP contribution < -0.4 is 4.74 Å². The molecular formula is C26H41Cl2NO3PRu+. The van der Waals surface area contributed by atoms with E-state index in [2.05, 4.69) is 0 Å². The average molecular weight is 619 g/mol. The van der Waals surface area contributed by atoms with E-state index in [0.29, 0.717) is 11.3 Å². The van der Waals surface area contributed by atoms with Crippen molar-refractivity contribution in [2.45, 2.75) is 113 Å². The zero-order valence-electron chi connectivity index (χ0n) is 20.4. The average Bonchev–Trinajstić information content (AvgIpc) is 2.86. The van der Waals surface area contributed by atoms with Crippen molar-refractivity contribution in [3.8, 4) is 5.75 Å². The molecule has 1 aromatic rings. The number of nitrogens with zero attached hydrogens (tertiary/aromatic N) is 1. The van der Waals surface area contributed by atoms with Crippen LogP contribution in [0.2, 0.25) is 0 Å². The Kier molecular flexibility index (Phi) is 12.8. The summed E-state index contributed by atoms with van der Waals surface area (Å²) in [6.45, 7) is 0. The molecule has 3 aliphatic carbocycles. The molecule has 0 radical (unpaired) electrons. The SMILES string of the molecule is C1CCC([PH+](C2CCCCC2)C2CCCCC2)CC1.COc1ccc([N+](=O)[O-])cc1[CH]=[Ru]([Cl])[Cl]. The zero-order valence-corrected chi connectivity index (χ0v) is 24.7. The minimum atomic E-state index is -2.01. The number of benzene rings is 1. The third kappa shape index (κ3) is 8.79. The monoisotopic (exact) mass is 618 g/mol. The molecule has 3 fully saturated rings. The number of halogens is 2. The second-order valence-corrected chi connectivity index (χ2v) is 19.2. The summed E-state index contributed by atoms with van der Waals surface area (Å²) in [4.78, 5) is 10.1. The van der Waals surface area contributed by atoms with Gasteiger partial charge in [-0.15, -0.1) is 0 Å². The Hall–Kier alpha value is -0.0766. The Morgan fingerprint density at radius 1 is 0.882 bits per heavy atom. The van der Waals surface area contributed by atoms with Gasteiger partial charge in [0.2, 0.25) is 0 Å². The number of nitro benzene ring substituents is 1. The van der Waals surface area contributed by atoms with Gasteiger partial charge in [0.25, 0.3) is 0 Å². The summed E-state index contributed by atoms with van der Waals surface area (Å²) >= 11 is -2.01. The Labute approximate surface area is 219 Å². The number of rotatable bonds is 6. The van der Waals surface area contributed by atoms with E-state index in [1.165, 1.54) is 42.3 Å². The summed E-state index contributed by atoms with van der Waals surface area (Å²) in [6.07, 6.45) is 23.8. The van der Waals surface area contributed by atoms with E-state index in [-0.39, 0.29) is 13.6 Å². The summed E-state index contributed by atoms with van der Waals surface area (Å²) in [7, 11) is 12.8. The van der Waals surface area contributed by atoms with Crippen molar-refractivity contribution in [3.05, 3.63) is 33.9 Å². The molecule has 0 amide bonds. The Balaban J connectivity index is 0.000000197. The van der Waals surface area contributed by atoms with Crippen LogP contribution in [0.4, 0.5) is 5.69 Å². The van der Waals surface area contributed by atoms with Crippen molar-refractivity contribution in [1.82, 2.24) is 0 Å². The van der Waals surface area contributed by atoms with E-state index < -0.39 is 18.4 Å². The second kappa shape index (κ2) is 15.2. The molecule has 4 rings (SSSR count). The van der Waals surface area contributed by atoms with Crippen LogP contribution in [0.5, 0.6) is 5.75 Å². The standard InChI is InChI=1S/C18H33P.C8H7NO3.2ClH.Ru/c1-4-10-16(11-5-1)19(17-12-6-2-7-13-17)18-14-8-3-9-15-18;1-6-5-7(9(10)11)3-4-8(6)12-2;;;/h16-18H,1-15H2;1,3-5H,2H3;2*1H;/q;;;;+2/p-1. The number of methoxy groups -OCH3 is 1. The fourth-order valence-electron chi connectivity index (χ4n) is 6.31. The Morgan fingerprint density at radius 2 is 1.32 bits per heavy atom. The van der Waals surface area contributed by atoms with E-state index in [0.717, 1.165) is 0 Å². The fourth-order valence-corrected chi connectivity index (χ4v) is 13.3. The molecule has 34 heavy (non-hydrogen) atoms. The van der Waals surface area contributed by atoms with Gasteiger partial charge < -0.3 is 0 Å². The maximum atomic E-state index is 10.5. The van der Waals surface area contributed by atoms with Crippen molar-refractivity contribution in [2.24, 2.45) is 0 Å². The van der Waals surface area contributed by atoms with Crippen LogP contribution >= 0.6 is 27.3 Å². The summed E-state index contributed by atoms with van der Waals surface area (Å²) in [5, 5.41) is 10.5. The Bertz CT molecular complexity index is 760. The third-order valence-corrected chi connectivity index (χ3v) is 14.2. The molecule has 0 saturated heterocycles. The third-order valence-electron chi connectivity index (χ3n) is 7.84. The number of hydrogen-bond acceptors (Lipinski definition) is 3. The van der Waals surface area contributed by atoms with Gasteiger partial charge in [0, 0.05) is 7.92 Å². The van der Waals surface area contributed by atoms with Crippen molar-refractivity contribution >= 4 is 37.6 Å². The molecular weight excluding hydrogens is 577 g/mol. The van der Waals surface area contributed by atoms with E-state index in [1.807, 2.05) is 0 Å². The van der Waals surface area contributed by atoms with E-state index >= 15 is 0 Å². The predicted molar refractivity (Wildman–Crippen MR) is 145 cm³/mol. The Morgan fingerprint density at radius 3 is 1.68 bits per heavy atom. The van der Waals surface area contributed by atoms with Gasteiger partial charge in [-0.25, -0.2) is 0 Å². The quantitative estimate of drug-likeness (QED) is 0.139. The molecule has 0 aromatic heterocycles. The van der Waals surface area contributed by atoms with Gasteiger partial charge in [0.1, 0.15) is 0 Å². The van der Waals surface area contributed by atoms with E-state index in [9.17, 15) is 10.1 Å².